The minimum atomic E-state index is 0.109. The van der Waals surface area contributed by atoms with Crippen molar-refractivity contribution in [2.24, 2.45) is 0 Å². The van der Waals surface area contributed by atoms with E-state index in [1.54, 1.807) is 0 Å². The number of piperazine rings is 1. The molecule has 0 N–H and O–H groups in total. The Kier molecular flexibility index (Phi) is 5.33. The van der Waals surface area contributed by atoms with E-state index in [9.17, 15) is 4.79 Å². The van der Waals surface area contributed by atoms with Crippen molar-refractivity contribution in [1.82, 2.24) is 19.9 Å². The number of piperidine rings is 1. The number of carbonyl (C=O) groups is 1. The van der Waals surface area contributed by atoms with Gasteiger partial charge in [-0.25, -0.2) is 0 Å². The van der Waals surface area contributed by atoms with E-state index in [-0.39, 0.29) is 6.04 Å². The van der Waals surface area contributed by atoms with E-state index in [2.05, 4.69) is 26.8 Å². The minimum absolute atomic E-state index is 0.109. The van der Waals surface area contributed by atoms with E-state index >= 15 is 0 Å². The van der Waals surface area contributed by atoms with E-state index in [0.29, 0.717) is 5.91 Å². The molecule has 2 fully saturated rings. The second-order valence-electron chi connectivity index (χ2n) is 6.68. The molecule has 2 aliphatic heterocycles. The van der Waals surface area contributed by atoms with Crippen LogP contribution < -0.4 is 0 Å². The number of rotatable bonds is 4. The Morgan fingerprint density at radius 2 is 2.04 bits per heavy atom. The van der Waals surface area contributed by atoms with Crippen molar-refractivity contribution in [1.29, 1.82) is 0 Å². The largest absolute Gasteiger partial charge is 0.360 e. The van der Waals surface area contributed by atoms with Crippen molar-refractivity contribution in [3.8, 4) is 0 Å². The molecule has 3 heterocycles. The summed E-state index contributed by atoms with van der Waals surface area (Å²) in [6, 6.07) is 2.09. The third kappa shape index (κ3) is 3.93. The molecule has 23 heavy (non-hydrogen) atoms. The summed E-state index contributed by atoms with van der Waals surface area (Å²) < 4.78 is 5.29. The first-order valence-corrected chi connectivity index (χ1v) is 8.84. The van der Waals surface area contributed by atoms with Gasteiger partial charge in [0.1, 0.15) is 0 Å². The molecule has 0 radical (unpaired) electrons. The number of amides is 1. The second kappa shape index (κ2) is 7.45. The van der Waals surface area contributed by atoms with Crippen LogP contribution in [0.4, 0.5) is 0 Å². The van der Waals surface area contributed by atoms with Crippen LogP contribution in [0, 0.1) is 6.92 Å². The van der Waals surface area contributed by atoms with E-state index in [1.807, 2.05) is 13.0 Å². The maximum absolute atomic E-state index is 12.8. The second-order valence-corrected chi connectivity index (χ2v) is 6.68. The molecule has 6 heteroatoms. The SMILES string of the molecule is CCN1CCCCC1C(=O)N1CCN(Cc2cc(C)no2)CC1. The van der Waals surface area contributed by atoms with E-state index < -0.39 is 0 Å². The smallest absolute Gasteiger partial charge is 0.240 e. The number of likely N-dealkylation sites (tertiary alicyclic amines) is 1. The third-order valence-corrected chi connectivity index (χ3v) is 5.05. The first-order valence-electron chi connectivity index (χ1n) is 8.84. The number of hydrogen-bond donors (Lipinski definition) is 0. The molecule has 0 aromatic carbocycles. The predicted octanol–water partition coefficient (Wildman–Crippen LogP) is 1.50. The van der Waals surface area contributed by atoms with Gasteiger partial charge in [-0.2, -0.15) is 0 Å². The fraction of sp³-hybridized carbons (Fsp3) is 0.765. The Hall–Kier alpha value is -1.40. The highest BCUT2D eigenvalue weighted by molar-refractivity contribution is 5.82. The summed E-state index contributed by atoms with van der Waals surface area (Å²) in [5.74, 6) is 1.24. The number of aryl methyl sites for hydroxylation is 1. The van der Waals surface area contributed by atoms with Crippen LogP contribution in [0.2, 0.25) is 0 Å². The van der Waals surface area contributed by atoms with Crippen LogP contribution in [0.5, 0.6) is 0 Å². The van der Waals surface area contributed by atoms with Crippen LogP contribution in [-0.2, 0) is 11.3 Å². The predicted molar refractivity (Wildman–Crippen MR) is 88.0 cm³/mol. The zero-order valence-electron chi connectivity index (χ0n) is 14.3. The van der Waals surface area contributed by atoms with Crippen LogP contribution in [0.1, 0.15) is 37.6 Å². The van der Waals surface area contributed by atoms with Gasteiger partial charge < -0.3 is 9.42 Å². The molecule has 1 aromatic rings. The number of hydrogen-bond acceptors (Lipinski definition) is 5. The van der Waals surface area contributed by atoms with Gasteiger partial charge in [-0.05, 0) is 32.9 Å². The molecule has 0 saturated carbocycles. The van der Waals surface area contributed by atoms with Crippen molar-refractivity contribution in [2.45, 2.75) is 45.7 Å². The average molecular weight is 320 g/mol. The Bertz CT molecular complexity index is 522. The van der Waals surface area contributed by atoms with Crippen molar-refractivity contribution < 1.29 is 9.32 Å². The minimum Gasteiger partial charge on any atom is -0.360 e. The van der Waals surface area contributed by atoms with Gasteiger partial charge in [-0.1, -0.05) is 18.5 Å². The first kappa shape index (κ1) is 16.5. The van der Waals surface area contributed by atoms with Crippen LogP contribution in [0.15, 0.2) is 10.6 Å². The van der Waals surface area contributed by atoms with Gasteiger partial charge in [0.25, 0.3) is 0 Å². The molecule has 0 bridgehead atoms. The molecule has 0 spiro atoms. The van der Waals surface area contributed by atoms with Crippen LogP contribution in [0.3, 0.4) is 0 Å². The van der Waals surface area contributed by atoms with E-state index in [4.69, 9.17) is 4.52 Å². The highest BCUT2D eigenvalue weighted by atomic mass is 16.5. The number of aromatic nitrogens is 1. The molecule has 6 nitrogen and oxygen atoms in total. The molecule has 1 atom stereocenters. The van der Waals surface area contributed by atoms with Gasteiger partial charge in [-0.15, -0.1) is 0 Å². The monoisotopic (exact) mass is 320 g/mol. The Morgan fingerprint density at radius 1 is 1.26 bits per heavy atom. The highest BCUT2D eigenvalue weighted by Crippen LogP contribution is 2.19. The lowest BCUT2D eigenvalue weighted by Gasteiger charge is -2.40. The van der Waals surface area contributed by atoms with Gasteiger partial charge in [0, 0.05) is 32.2 Å². The Labute approximate surface area is 138 Å². The van der Waals surface area contributed by atoms with Gasteiger partial charge in [-0.3, -0.25) is 14.6 Å². The highest BCUT2D eigenvalue weighted by Gasteiger charge is 2.32. The van der Waals surface area contributed by atoms with Crippen LogP contribution in [0.25, 0.3) is 0 Å². The quantitative estimate of drug-likeness (QED) is 0.841. The summed E-state index contributed by atoms with van der Waals surface area (Å²) in [5, 5.41) is 3.93. The lowest BCUT2D eigenvalue weighted by Crippen LogP contribution is -2.55. The summed E-state index contributed by atoms with van der Waals surface area (Å²) in [6.45, 7) is 10.4. The van der Waals surface area contributed by atoms with Crippen molar-refractivity contribution >= 4 is 5.91 Å². The zero-order valence-corrected chi connectivity index (χ0v) is 14.3. The number of nitrogens with zero attached hydrogens (tertiary/aromatic N) is 4. The zero-order chi connectivity index (χ0) is 16.2. The van der Waals surface area contributed by atoms with Gasteiger partial charge in [0.05, 0.1) is 18.3 Å². The lowest BCUT2D eigenvalue weighted by molar-refractivity contribution is -0.140. The van der Waals surface area contributed by atoms with Gasteiger partial charge in [0.15, 0.2) is 5.76 Å². The number of likely N-dealkylation sites (N-methyl/N-ethyl adjacent to an activating group) is 1. The molecule has 1 aromatic heterocycles. The number of carbonyl (C=O) groups excluding carboxylic acids is 1. The summed E-state index contributed by atoms with van der Waals surface area (Å²) >= 11 is 0. The van der Waals surface area contributed by atoms with Crippen LogP contribution >= 0.6 is 0 Å². The summed E-state index contributed by atoms with van der Waals surface area (Å²) in [6.07, 6.45) is 3.42. The van der Waals surface area contributed by atoms with E-state index in [0.717, 1.165) is 63.7 Å². The maximum atomic E-state index is 12.8. The summed E-state index contributed by atoms with van der Waals surface area (Å²) in [4.78, 5) is 19.6. The van der Waals surface area contributed by atoms with Crippen molar-refractivity contribution in [3.63, 3.8) is 0 Å². The molecule has 1 unspecified atom stereocenters. The molecule has 0 aliphatic carbocycles. The molecule has 2 aliphatic rings. The molecule has 3 rings (SSSR count). The Morgan fingerprint density at radius 3 is 2.70 bits per heavy atom. The fourth-order valence-corrected chi connectivity index (χ4v) is 3.70. The van der Waals surface area contributed by atoms with Crippen LogP contribution in [-0.4, -0.2) is 71.1 Å². The molecule has 2 saturated heterocycles. The molecular formula is C17H28N4O2. The topological polar surface area (TPSA) is 52.8 Å². The average Bonchev–Trinajstić information content (AvgIpc) is 3.00. The Balaban J connectivity index is 1.50. The lowest BCUT2D eigenvalue weighted by atomic mass is 10.0. The van der Waals surface area contributed by atoms with Gasteiger partial charge >= 0.3 is 0 Å². The summed E-state index contributed by atoms with van der Waals surface area (Å²) in [5.41, 5.74) is 0.922. The normalized spacial score (nSPS) is 24.1. The van der Waals surface area contributed by atoms with E-state index in [1.165, 1.54) is 12.8 Å². The van der Waals surface area contributed by atoms with Gasteiger partial charge in [0.2, 0.25) is 5.91 Å². The standard InChI is InChI=1S/C17H28N4O2/c1-3-20-7-5-4-6-16(20)17(22)21-10-8-19(9-11-21)13-15-12-14(2)18-23-15/h12,16H,3-11,13H2,1-2H3. The fourth-order valence-electron chi connectivity index (χ4n) is 3.70. The molecule has 1 amide bonds. The third-order valence-electron chi connectivity index (χ3n) is 5.05. The maximum Gasteiger partial charge on any atom is 0.240 e. The van der Waals surface area contributed by atoms with Crippen molar-refractivity contribution in [2.75, 3.05) is 39.3 Å². The van der Waals surface area contributed by atoms with Crippen molar-refractivity contribution in [3.05, 3.63) is 17.5 Å². The first-order chi connectivity index (χ1) is 11.2. The molecular weight excluding hydrogens is 292 g/mol. The summed E-state index contributed by atoms with van der Waals surface area (Å²) in [7, 11) is 0. The molecule has 128 valence electrons.